The molecule has 0 radical (unpaired) electrons. The molecule has 7 heteroatoms. The summed E-state index contributed by atoms with van der Waals surface area (Å²) in [4.78, 5) is 0. The van der Waals surface area contributed by atoms with Crippen molar-refractivity contribution in [3.8, 4) is 11.3 Å². The molecule has 122 valence electrons. The van der Waals surface area contributed by atoms with E-state index in [1.54, 1.807) is 0 Å². The number of halogens is 1. The van der Waals surface area contributed by atoms with Crippen LogP contribution in [0.25, 0.3) is 11.3 Å². The molecule has 0 unspecified atom stereocenters. The van der Waals surface area contributed by atoms with Crippen LogP contribution in [0.3, 0.4) is 0 Å². The number of rotatable bonds is 1. The van der Waals surface area contributed by atoms with Gasteiger partial charge in [-0.15, -0.1) is 10.2 Å². The number of hydrogen-bond acceptors (Lipinski definition) is 5. The average molecular weight is 330 g/mol. The van der Waals surface area contributed by atoms with Crippen LogP contribution in [-0.4, -0.2) is 0 Å². The molecule has 0 saturated heterocycles. The molecule has 0 saturated carbocycles. The first-order valence-corrected chi connectivity index (χ1v) is 7.83. The third-order valence-electron chi connectivity index (χ3n) is 2.87. The Morgan fingerprint density at radius 2 is 1.55 bits per heavy atom. The topological polar surface area (TPSA) is 109 Å². The van der Waals surface area contributed by atoms with Crippen molar-refractivity contribution in [3.63, 3.8) is 0 Å². The summed E-state index contributed by atoms with van der Waals surface area (Å²) < 4.78 is 41.7. The van der Waals surface area contributed by atoms with E-state index < -0.39 is 10.2 Å². The van der Waals surface area contributed by atoms with Gasteiger partial charge in [-0.1, -0.05) is 23.8 Å². The van der Waals surface area contributed by atoms with Gasteiger partial charge >= 0.3 is 0 Å². The Hall–Kier alpha value is -1.44. The lowest BCUT2D eigenvalue weighted by Gasteiger charge is -2.17. The van der Waals surface area contributed by atoms with E-state index >= 15 is 0 Å². The van der Waals surface area contributed by atoms with Crippen molar-refractivity contribution in [3.05, 3.63) is 41.6 Å². The van der Waals surface area contributed by atoms with Gasteiger partial charge in [0.25, 0.3) is 0 Å². The lowest BCUT2D eigenvalue weighted by atomic mass is 10.0. The van der Waals surface area contributed by atoms with Crippen molar-refractivity contribution in [2.24, 2.45) is 0 Å². The summed E-state index contributed by atoms with van der Waals surface area (Å²) in [5.74, 6) is 0.928. The molecule has 0 N–H and O–H groups in total. The largest absolute Gasteiger partial charge is 0.236 e. The molecule has 0 amide bonds. The van der Waals surface area contributed by atoms with Gasteiger partial charge in [0.2, 0.25) is 17.5 Å². The van der Waals surface area contributed by atoms with E-state index in [4.69, 9.17) is 23.2 Å². The first-order chi connectivity index (χ1) is 9.88. The number of nitrogens with zero attached hydrogens (tertiary/aromatic N) is 1. The van der Waals surface area contributed by atoms with Crippen molar-refractivity contribution in [2.45, 2.75) is 40.2 Å². The van der Waals surface area contributed by atoms with Crippen LogP contribution in [-0.2, 0) is 5.54 Å². The molecule has 0 spiro atoms. The summed E-state index contributed by atoms with van der Waals surface area (Å²) >= 11 is 0. The highest BCUT2D eigenvalue weighted by Gasteiger charge is 2.26. The molecule has 6 nitrogen and oxygen atoms in total. The molecule has 0 aliphatic rings. The smallest absolute Gasteiger partial charge is 0.221 e. The van der Waals surface area contributed by atoms with Crippen LogP contribution in [0.5, 0.6) is 0 Å². The second kappa shape index (κ2) is 6.76. The van der Waals surface area contributed by atoms with Crippen LogP contribution in [0.4, 0.5) is 0 Å². The lowest BCUT2D eigenvalue weighted by Crippen LogP contribution is -2.68. The Morgan fingerprint density at radius 3 is 1.95 bits per heavy atom. The van der Waals surface area contributed by atoms with E-state index in [1.165, 1.54) is 16.7 Å². The number of hydrogen-bond donors (Lipinski definition) is 0. The molecule has 22 heavy (non-hydrogen) atoms. The molecule has 1 aromatic carbocycles. The monoisotopic (exact) mass is 329 g/mol. The maximum absolute atomic E-state index is 8.49. The fourth-order valence-electron chi connectivity index (χ4n) is 1.89. The SMILES string of the molecule is Cc1ccc(-c2cc[n+](C(C)(C)C)o2)c(C)c1.[O-][Cl+3]([O-])([O-])[O-]. The Bertz CT molecular complexity index is 620. The Morgan fingerprint density at radius 1 is 1.00 bits per heavy atom. The molecule has 1 heterocycles. The van der Waals surface area contributed by atoms with Crippen LogP contribution < -0.4 is 23.4 Å². The maximum atomic E-state index is 8.49. The summed E-state index contributed by atoms with van der Waals surface area (Å²) in [5, 5.41) is 0. The summed E-state index contributed by atoms with van der Waals surface area (Å²) in [7, 11) is -4.94. The molecule has 0 atom stereocenters. The first-order valence-electron chi connectivity index (χ1n) is 6.60. The number of aromatic nitrogens is 1. The molecule has 0 bridgehead atoms. The predicted molar refractivity (Wildman–Crippen MR) is 68.8 cm³/mol. The zero-order valence-corrected chi connectivity index (χ0v) is 14.0. The van der Waals surface area contributed by atoms with Crippen molar-refractivity contribution >= 4 is 0 Å². The quantitative estimate of drug-likeness (QED) is 0.614. The minimum absolute atomic E-state index is 0.0170. The van der Waals surface area contributed by atoms with E-state index in [0.29, 0.717) is 0 Å². The van der Waals surface area contributed by atoms with E-state index in [1.807, 2.05) is 17.0 Å². The summed E-state index contributed by atoms with van der Waals surface area (Å²) in [6.45, 7) is 10.6. The van der Waals surface area contributed by atoms with Gasteiger partial charge in [-0.2, -0.15) is 0 Å². The van der Waals surface area contributed by atoms with Crippen molar-refractivity contribution < 1.29 is 38.1 Å². The van der Waals surface area contributed by atoms with Crippen LogP contribution >= 0.6 is 0 Å². The van der Waals surface area contributed by atoms with Crippen molar-refractivity contribution in [1.82, 2.24) is 0 Å². The standard InChI is InChI=1S/C15H20NO.ClHO4/c1-11-6-7-13(12(2)10-11)14-8-9-16(17-14)15(3,4)5;2-1(3,4)5/h6-10H,1-5H3;(H,2,3,4,5)/q+1;/p-1. The molecular weight excluding hydrogens is 310 g/mol. The lowest BCUT2D eigenvalue weighted by molar-refractivity contribution is -2.00. The van der Waals surface area contributed by atoms with Crippen LogP contribution in [0.15, 0.2) is 35.0 Å². The Balaban J connectivity index is 0.000000422. The molecule has 1 aromatic heterocycles. The normalized spacial score (nSPS) is 11.9. The Kier molecular flexibility index (Phi) is 5.72. The van der Waals surface area contributed by atoms with E-state index in [9.17, 15) is 0 Å². The number of benzene rings is 1. The third-order valence-corrected chi connectivity index (χ3v) is 2.87. The molecule has 0 fully saturated rings. The van der Waals surface area contributed by atoms with Crippen LogP contribution in [0.2, 0.25) is 0 Å². The van der Waals surface area contributed by atoms with Crippen LogP contribution in [0, 0.1) is 24.1 Å². The van der Waals surface area contributed by atoms with Gasteiger partial charge in [0.1, 0.15) is 0 Å². The second-order valence-electron chi connectivity index (χ2n) is 5.96. The summed E-state index contributed by atoms with van der Waals surface area (Å²) in [6, 6.07) is 8.45. The first kappa shape index (κ1) is 18.6. The summed E-state index contributed by atoms with van der Waals surface area (Å²) in [6.07, 6.45) is 1.99. The van der Waals surface area contributed by atoms with Gasteiger partial charge in [0.05, 0.1) is 6.07 Å². The zero-order valence-electron chi connectivity index (χ0n) is 13.3. The van der Waals surface area contributed by atoms with Gasteiger partial charge in [-0.05, 0) is 24.2 Å². The molecular formula is C15H20ClNO5. The minimum atomic E-state index is -4.94. The third kappa shape index (κ3) is 6.13. The summed E-state index contributed by atoms with van der Waals surface area (Å²) in [5.41, 5.74) is 3.68. The highest BCUT2D eigenvalue weighted by molar-refractivity contribution is 5.61. The van der Waals surface area contributed by atoms with E-state index in [2.05, 4.69) is 52.8 Å². The molecule has 2 rings (SSSR count). The Labute approximate surface area is 131 Å². The highest BCUT2D eigenvalue weighted by atomic mass is 35.7. The minimum Gasteiger partial charge on any atom is -0.236 e. The molecule has 0 aliphatic carbocycles. The zero-order chi connectivity index (χ0) is 17.1. The maximum Gasteiger partial charge on any atom is 0.221 e. The van der Waals surface area contributed by atoms with Crippen LogP contribution in [0.1, 0.15) is 31.9 Å². The van der Waals surface area contributed by atoms with Gasteiger partial charge in [-0.3, -0.25) is 0 Å². The average Bonchev–Trinajstić information content (AvgIpc) is 2.75. The van der Waals surface area contributed by atoms with E-state index in [-0.39, 0.29) is 5.54 Å². The fraction of sp³-hybridized carbons (Fsp3) is 0.400. The van der Waals surface area contributed by atoms with Crippen molar-refractivity contribution in [2.75, 3.05) is 0 Å². The van der Waals surface area contributed by atoms with Crippen molar-refractivity contribution in [1.29, 1.82) is 0 Å². The van der Waals surface area contributed by atoms with Gasteiger partial charge < -0.3 is 0 Å². The highest BCUT2D eigenvalue weighted by Crippen LogP contribution is 2.23. The number of aryl methyl sites for hydroxylation is 2. The fourth-order valence-corrected chi connectivity index (χ4v) is 1.89. The predicted octanol–water partition coefficient (Wildman–Crippen LogP) is -1.15. The van der Waals surface area contributed by atoms with Gasteiger partial charge in [0.15, 0.2) is 0 Å². The van der Waals surface area contributed by atoms with Gasteiger partial charge in [0, 0.05) is 26.3 Å². The van der Waals surface area contributed by atoms with Gasteiger partial charge in [-0.25, -0.2) is 23.2 Å². The van der Waals surface area contributed by atoms with E-state index in [0.717, 1.165) is 5.76 Å². The molecule has 0 aliphatic heterocycles. The second-order valence-corrected chi connectivity index (χ2v) is 6.72. The molecule has 2 aromatic rings.